The van der Waals surface area contributed by atoms with E-state index in [0.717, 1.165) is 24.4 Å². The maximum Gasteiger partial charge on any atom is 0.229 e. The number of nitrogens with zero attached hydrogens (tertiary/aromatic N) is 5. The van der Waals surface area contributed by atoms with Crippen molar-refractivity contribution in [3.05, 3.63) is 35.7 Å². The summed E-state index contributed by atoms with van der Waals surface area (Å²) in [6, 6.07) is 8.10. The van der Waals surface area contributed by atoms with Crippen molar-refractivity contribution in [3.8, 4) is 0 Å². The summed E-state index contributed by atoms with van der Waals surface area (Å²) in [7, 11) is 3.72. The van der Waals surface area contributed by atoms with Gasteiger partial charge in [0.2, 0.25) is 17.8 Å². The van der Waals surface area contributed by atoms with Crippen molar-refractivity contribution < 1.29 is 4.79 Å². The molecule has 1 aliphatic rings. The molecule has 7 nitrogen and oxygen atoms in total. The standard InChI is InChI=1S/C17H22N6OS/c1-22(2)17-20-14(19-16(18)21-17)11-25-10-8-15(24)23-9-7-12-5-3-4-6-13(12)23/h3-6H,7-11H2,1-2H3,(H2,18,19,20,21). The van der Waals surface area contributed by atoms with Gasteiger partial charge in [-0.2, -0.15) is 26.7 Å². The number of fused-ring (bicyclic) bond motifs is 1. The molecule has 0 fully saturated rings. The maximum absolute atomic E-state index is 12.5. The SMILES string of the molecule is CN(C)c1nc(N)nc(CSCCC(=O)N2CCc3ccccc32)n1. The molecule has 1 aromatic carbocycles. The van der Waals surface area contributed by atoms with Crippen LogP contribution in [0, 0.1) is 0 Å². The summed E-state index contributed by atoms with van der Waals surface area (Å²) in [4.78, 5) is 28.7. The highest BCUT2D eigenvalue weighted by Crippen LogP contribution is 2.28. The van der Waals surface area contributed by atoms with Crippen molar-refractivity contribution in [3.63, 3.8) is 0 Å². The second-order valence-corrected chi connectivity index (χ2v) is 7.14. The van der Waals surface area contributed by atoms with E-state index in [4.69, 9.17) is 5.73 Å². The number of hydrogen-bond acceptors (Lipinski definition) is 7. The molecule has 2 N–H and O–H groups in total. The number of thioether (sulfide) groups is 1. The van der Waals surface area contributed by atoms with Gasteiger partial charge in [0, 0.05) is 38.5 Å². The average Bonchev–Trinajstić information content (AvgIpc) is 3.02. The van der Waals surface area contributed by atoms with Gasteiger partial charge in [0.15, 0.2) is 0 Å². The lowest BCUT2D eigenvalue weighted by Crippen LogP contribution is -2.29. The third kappa shape index (κ3) is 4.19. The molecule has 0 radical (unpaired) electrons. The molecule has 2 aromatic rings. The van der Waals surface area contributed by atoms with E-state index in [1.807, 2.05) is 37.2 Å². The van der Waals surface area contributed by atoms with Gasteiger partial charge in [0.05, 0.1) is 5.75 Å². The van der Waals surface area contributed by atoms with Crippen molar-refractivity contribution in [2.24, 2.45) is 0 Å². The number of amides is 1. The zero-order valence-corrected chi connectivity index (χ0v) is 15.3. The first-order valence-electron chi connectivity index (χ1n) is 8.18. The van der Waals surface area contributed by atoms with Crippen LogP contribution in [-0.4, -0.2) is 47.3 Å². The fourth-order valence-electron chi connectivity index (χ4n) is 2.74. The zero-order valence-electron chi connectivity index (χ0n) is 14.5. The largest absolute Gasteiger partial charge is 0.368 e. The van der Waals surface area contributed by atoms with Crippen LogP contribution in [0.4, 0.5) is 17.6 Å². The van der Waals surface area contributed by atoms with Gasteiger partial charge in [0.1, 0.15) is 5.82 Å². The third-order valence-electron chi connectivity index (χ3n) is 3.97. The monoisotopic (exact) mass is 358 g/mol. The van der Waals surface area contributed by atoms with Gasteiger partial charge < -0.3 is 15.5 Å². The Kier molecular flexibility index (Phi) is 5.37. The second-order valence-electron chi connectivity index (χ2n) is 6.03. The van der Waals surface area contributed by atoms with Crippen molar-refractivity contribution in [1.82, 2.24) is 15.0 Å². The normalized spacial score (nSPS) is 13.0. The molecular formula is C17H22N6OS. The highest BCUT2D eigenvalue weighted by Gasteiger charge is 2.23. The van der Waals surface area contributed by atoms with Gasteiger partial charge in [-0.1, -0.05) is 18.2 Å². The summed E-state index contributed by atoms with van der Waals surface area (Å²) < 4.78 is 0. The number of carbonyl (C=O) groups is 1. The zero-order chi connectivity index (χ0) is 17.8. The summed E-state index contributed by atoms with van der Waals surface area (Å²) in [5.41, 5.74) is 8.02. The Bertz CT molecular complexity index is 767. The topological polar surface area (TPSA) is 88.2 Å². The summed E-state index contributed by atoms with van der Waals surface area (Å²) in [6.45, 7) is 0.777. The summed E-state index contributed by atoms with van der Waals surface area (Å²) >= 11 is 1.63. The van der Waals surface area contributed by atoms with Crippen LogP contribution in [0.3, 0.4) is 0 Å². The molecule has 1 aromatic heterocycles. The number of anilines is 3. The van der Waals surface area contributed by atoms with E-state index in [2.05, 4.69) is 21.0 Å². The molecule has 0 atom stereocenters. The quantitative estimate of drug-likeness (QED) is 0.787. The van der Waals surface area contributed by atoms with E-state index in [1.54, 1.807) is 16.7 Å². The molecule has 0 spiro atoms. The average molecular weight is 358 g/mol. The molecular weight excluding hydrogens is 336 g/mol. The molecule has 132 valence electrons. The first-order valence-corrected chi connectivity index (χ1v) is 9.34. The fraction of sp³-hybridized carbons (Fsp3) is 0.412. The number of hydrogen-bond donors (Lipinski definition) is 1. The van der Waals surface area contributed by atoms with Crippen molar-refractivity contribution in [2.75, 3.05) is 41.9 Å². The van der Waals surface area contributed by atoms with Crippen LogP contribution < -0.4 is 15.5 Å². The first kappa shape index (κ1) is 17.5. The molecule has 1 amide bonds. The maximum atomic E-state index is 12.5. The van der Waals surface area contributed by atoms with E-state index in [0.29, 0.717) is 23.9 Å². The lowest BCUT2D eigenvalue weighted by atomic mass is 10.2. The van der Waals surface area contributed by atoms with Gasteiger partial charge in [-0.3, -0.25) is 4.79 Å². The van der Waals surface area contributed by atoms with E-state index < -0.39 is 0 Å². The Balaban J connectivity index is 1.50. The second kappa shape index (κ2) is 7.69. The van der Waals surface area contributed by atoms with Gasteiger partial charge in [-0.15, -0.1) is 0 Å². The van der Waals surface area contributed by atoms with Crippen LogP contribution in [0.1, 0.15) is 17.8 Å². The Hall–Kier alpha value is -2.35. The van der Waals surface area contributed by atoms with Crippen LogP contribution in [0.2, 0.25) is 0 Å². The molecule has 0 saturated carbocycles. The highest BCUT2D eigenvalue weighted by atomic mass is 32.2. The third-order valence-corrected chi connectivity index (χ3v) is 4.92. The van der Waals surface area contributed by atoms with Crippen LogP contribution in [0.25, 0.3) is 0 Å². The number of benzene rings is 1. The minimum atomic E-state index is 0.168. The Morgan fingerprint density at radius 3 is 2.88 bits per heavy atom. The van der Waals surface area contributed by atoms with Gasteiger partial charge in [-0.05, 0) is 18.1 Å². The fourth-order valence-corrected chi connectivity index (χ4v) is 3.52. The number of aromatic nitrogens is 3. The number of nitrogen functional groups attached to an aromatic ring is 1. The smallest absolute Gasteiger partial charge is 0.229 e. The summed E-state index contributed by atoms with van der Waals surface area (Å²) in [5.74, 6) is 2.91. The Morgan fingerprint density at radius 1 is 1.28 bits per heavy atom. The van der Waals surface area contributed by atoms with Gasteiger partial charge in [-0.25, -0.2) is 0 Å². The lowest BCUT2D eigenvalue weighted by molar-refractivity contribution is -0.118. The predicted molar refractivity (Wildman–Crippen MR) is 102 cm³/mol. The van der Waals surface area contributed by atoms with Crippen LogP contribution in [0.5, 0.6) is 0 Å². The van der Waals surface area contributed by atoms with Crippen molar-refractivity contribution >= 4 is 35.3 Å². The molecule has 0 unspecified atom stereocenters. The first-order chi connectivity index (χ1) is 12.0. The molecule has 0 bridgehead atoms. The molecule has 2 heterocycles. The van der Waals surface area contributed by atoms with E-state index in [9.17, 15) is 4.79 Å². The van der Waals surface area contributed by atoms with Crippen LogP contribution >= 0.6 is 11.8 Å². The van der Waals surface area contributed by atoms with Crippen molar-refractivity contribution in [2.45, 2.75) is 18.6 Å². The van der Waals surface area contributed by atoms with Crippen molar-refractivity contribution in [1.29, 1.82) is 0 Å². The van der Waals surface area contributed by atoms with E-state index in [1.165, 1.54) is 5.56 Å². The predicted octanol–water partition coefficient (Wildman–Crippen LogP) is 1.73. The lowest BCUT2D eigenvalue weighted by Gasteiger charge is -2.17. The molecule has 3 rings (SSSR count). The van der Waals surface area contributed by atoms with Gasteiger partial charge >= 0.3 is 0 Å². The minimum Gasteiger partial charge on any atom is -0.368 e. The van der Waals surface area contributed by atoms with E-state index in [-0.39, 0.29) is 11.9 Å². The molecule has 0 aliphatic carbocycles. The Labute approximate surface area is 151 Å². The summed E-state index contributed by atoms with van der Waals surface area (Å²) in [6.07, 6.45) is 1.44. The summed E-state index contributed by atoms with van der Waals surface area (Å²) in [5, 5.41) is 0. The molecule has 8 heteroatoms. The minimum absolute atomic E-state index is 0.168. The Morgan fingerprint density at radius 2 is 2.08 bits per heavy atom. The molecule has 25 heavy (non-hydrogen) atoms. The number of rotatable bonds is 6. The molecule has 0 saturated heterocycles. The highest BCUT2D eigenvalue weighted by molar-refractivity contribution is 7.98. The van der Waals surface area contributed by atoms with E-state index >= 15 is 0 Å². The van der Waals surface area contributed by atoms with Crippen LogP contribution in [-0.2, 0) is 17.0 Å². The number of nitrogens with two attached hydrogens (primary N) is 1. The van der Waals surface area contributed by atoms with Crippen LogP contribution in [0.15, 0.2) is 24.3 Å². The molecule has 1 aliphatic heterocycles. The van der Waals surface area contributed by atoms with Gasteiger partial charge in [0.25, 0.3) is 0 Å². The number of para-hydroxylation sites is 1. The number of carbonyl (C=O) groups excluding carboxylic acids is 1.